The predicted octanol–water partition coefficient (Wildman–Crippen LogP) is 1.81. The lowest BCUT2D eigenvalue weighted by molar-refractivity contribution is 0.0532. The van der Waals surface area contributed by atoms with Crippen molar-refractivity contribution in [1.82, 2.24) is 20.1 Å². The fourth-order valence-electron chi connectivity index (χ4n) is 4.40. The molecule has 0 spiro atoms. The van der Waals surface area contributed by atoms with E-state index in [0.717, 1.165) is 81.5 Å². The summed E-state index contributed by atoms with van der Waals surface area (Å²) in [4.78, 5) is 23.6. The second-order valence-electron chi connectivity index (χ2n) is 8.48. The van der Waals surface area contributed by atoms with Crippen LogP contribution in [0.1, 0.15) is 40.7 Å². The van der Waals surface area contributed by atoms with Gasteiger partial charge in [-0.15, -0.1) is 10.2 Å². The molecule has 1 amide bonds. The van der Waals surface area contributed by atoms with Crippen molar-refractivity contribution in [1.29, 1.82) is 0 Å². The number of pyridine rings is 1. The zero-order chi connectivity index (χ0) is 20.7. The molecule has 2 aromatic heterocycles. The molecule has 158 valence electrons. The zero-order valence-electron chi connectivity index (χ0n) is 17.7. The second kappa shape index (κ2) is 7.83. The largest absolute Gasteiger partial charge is 0.375 e. The molecule has 30 heavy (non-hydrogen) atoms. The molecule has 0 aliphatic carbocycles. The van der Waals surface area contributed by atoms with Gasteiger partial charge in [0, 0.05) is 51.4 Å². The number of anilines is 2. The smallest absolute Gasteiger partial charge is 0.274 e. The number of likely N-dealkylation sites (tertiary alicyclic amines) is 1. The fourth-order valence-corrected chi connectivity index (χ4v) is 4.40. The summed E-state index contributed by atoms with van der Waals surface area (Å²) in [6.07, 6.45) is 4.18. The van der Waals surface area contributed by atoms with Gasteiger partial charge < -0.3 is 19.4 Å². The molecule has 8 nitrogen and oxygen atoms in total. The van der Waals surface area contributed by atoms with Crippen LogP contribution in [-0.2, 0) is 17.7 Å². The van der Waals surface area contributed by atoms with Gasteiger partial charge in [-0.3, -0.25) is 9.78 Å². The van der Waals surface area contributed by atoms with Crippen LogP contribution in [-0.4, -0.2) is 71.4 Å². The van der Waals surface area contributed by atoms with E-state index in [9.17, 15) is 4.79 Å². The summed E-state index contributed by atoms with van der Waals surface area (Å²) >= 11 is 0. The monoisotopic (exact) mass is 408 g/mol. The zero-order valence-corrected chi connectivity index (χ0v) is 17.7. The summed E-state index contributed by atoms with van der Waals surface area (Å²) in [5.41, 5.74) is 4.98. The minimum absolute atomic E-state index is 0.0130. The Kier molecular flexibility index (Phi) is 5.02. The molecule has 0 radical (unpaired) electrons. The summed E-state index contributed by atoms with van der Waals surface area (Å²) in [5, 5.41) is 8.69. The molecule has 0 aromatic carbocycles. The number of hydrogen-bond donors (Lipinski definition) is 0. The van der Waals surface area contributed by atoms with Crippen LogP contribution in [0.2, 0.25) is 0 Å². The first-order chi connectivity index (χ1) is 14.6. The number of ether oxygens (including phenoxy) is 1. The number of hydrogen-bond acceptors (Lipinski definition) is 7. The van der Waals surface area contributed by atoms with Crippen LogP contribution in [0.4, 0.5) is 11.5 Å². The molecule has 0 bridgehead atoms. The molecule has 2 aromatic rings. The number of nitrogens with zero attached hydrogens (tertiary/aromatic N) is 6. The highest BCUT2D eigenvalue weighted by Crippen LogP contribution is 2.28. The fraction of sp³-hybridized carbons (Fsp3) is 0.545. The highest BCUT2D eigenvalue weighted by atomic mass is 16.5. The van der Waals surface area contributed by atoms with Gasteiger partial charge >= 0.3 is 0 Å². The van der Waals surface area contributed by atoms with Crippen LogP contribution in [0.25, 0.3) is 0 Å². The highest BCUT2D eigenvalue weighted by Gasteiger charge is 2.26. The van der Waals surface area contributed by atoms with Gasteiger partial charge in [0.25, 0.3) is 5.91 Å². The standard InChI is InChI=1S/C22H28N6O2/c1-15-10-20(22(29)26-5-3-6-26)24-25-21(15)28-7-4-19-17(14-28)11-18(12-23-19)27-8-9-30-16(2)13-27/h10-12,16H,3-9,13-14H2,1-2H3/t16-/m1/s1. The van der Waals surface area contributed by atoms with E-state index in [-0.39, 0.29) is 12.0 Å². The number of carbonyl (C=O) groups excluding carboxylic acids is 1. The molecular formula is C22H28N6O2. The third kappa shape index (κ3) is 3.60. The average Bonchev–Trinajstić information content (AvgIpc) is 2.71. The summed E-state index contributed by atoms with van der Waals surface area (Å²) in [7, 11) is 0. The van der Waals surface area contributed by atoms with E-state index >= 15 is 0 Å². The minimum atomic E-state index is -0.0130. The van der Waals surface area contributed by atoms with Crippen molar-refractivity contribution in [2.24, 2.45) is 0 Å². The number of amides is 1. The first kappa shape index (κ1) is 19.2. The van der Waals surface area contributed by atoms with Crippen molar-refractivity contribution in [3.8, 4) is 0 Å². The summed E-state index contributed by atoms with van der Waals surface area (Å²) in [6, 6.07) is 4.14. The van der Waals surface area contributed by atoms with Gasteiger partial charge in [0.2, 0.25) is 0 Å². The van der Waals surface area contributed by atoms with Gasteiger partial charge in [0.15, 0.2) is 11.5 Å². The highest BCUT2D eigenvalue weighted by molar-refractivity contribution is 5.93. The maximum Gasteiger partial charge on any atom is 0.274 e. The molecular weight excluding hydrogens is 380 g/mol. The van der Waals surface area contributed by atoms with E-state index in [1.807, 2.05) is 24.1 Å². The van der Waals surface area contributed by atoms with Crippen LogP contribution in [0.15, 0.2) is 18.3 Å². The number of aromatic nitrogens is 3. The molecule has 5 heterocycles. The molecule has 0 N–H and O–H groups in total. The quantitative estimate of drug-likeness (QED) is 0.767. The molecule has 0 unspecified atom stereocenters. The van der Waals surface area contributed by atoms with Gasteiger partial charge in [-0.2, -0.15) is 0 Å². The third-order valence-corrected chi connectivity index (χ3v) is 6.25. The number of fused-ring (bicyclic) bond motifs is 1. The normalized spacial score (nSPS) is 21.3. The SMILES string of the molecule is Cc1cc(C(=O)N2CCC2)nnc1N1CCc2ncc(N3CCO[C@H](C)C3)cc2C1. The Morgan fingerprint density at radius 2 is 2.00 bits per heavy atom. The molecule has 2 fully saturated rings. The lowest BCUT2D eigenvalue weighted by Gasteiger charge is -2.34. The lowest BCUT2D eigenvalue weighted by Crippen LogP contribution is -2.42. The van der Waals surface area contributed by atoms with Crippen molar-refractivity contribution in [3.63, 3.8) is 0 Å². The first-order valence-electron chi connectivity index (χ1n) is 10.8. The Labute approximate surface area is 176 Å². The van der Waals surface area contributed by atoms with Crippen molar-refractivity contribution in [2.75, 3.05) is 49.1 Å². The van der Waals surface area contributed by atoms with E-state index in [1.165, 1.54) is 5.56 Å². The molecule has 0 saturated carbocycles. The van der Waals surface area contributed by atoms with Crippen molar-refractivity contribution in [2.45, 2.75) is 39.3 Å². The Morgan fingerprint density at radius 1 is 1.13 bits per heavy atom. The molecule has 2 saturated heterocycles. The number of carbonyl (C=O) groups is 1. The maximum atomic E-state index is 12.4. The van der Waals surface area contributed by atoms with Crippen LogP contribution >= 0.6 is 0 Å². The van der Waals surface area contributed by atoms with Gasteiger partial charge in [-0.1, -0.05) is 0 Å². The Hall–Kier alpha value is -2.74. The Balaban J connectivity index is 1.34. The Morgan fingerprint density at radius 3 is 2.73 bits per heavy atom. The number of aryl methyl sites for hydroxylation is 1. The van der Waals surface area contributed by atoms with Crippen LogP contribution in [0.5, 0.6) is 0 Å². The van der Waals surface area contributed by atoms with E-state index < -0.39 is 0 Å². The summed E-state index contributed by atoms with van der Waals surface area (Å²) in [5.74, 6) is 0.840. The van der Waals surface area contributed by atoms with Crippen molar-refractivity contribution in [3.05, 3.63) is 40.8 Å². The van der Waals surface area contributed by atoms with Gasteiger partial charge in [-0.05, 0) is 43.5 Å². The minimum Gasteiger partial charge on any atom is -0.375 e. The summed E-state index contributed by atoms with van der Waals surface area (Å²) in [6.45, 7) is 9.90. The molecule has 1 atom stereocenters. The maximum absolute atomic E-state index is 12.4. The topological polar surface area (TPSA) is 74.7 Å². The lowest BCUT2D eigenvalue weighted by atomic mass is 10.0. The molecule has 8 heteroatoms. The van der Waals surface area contributed by atoms with E-state index in [0.29, 0.717) is 5.69 Å². The van der Waals surface area contributed by atoms with Gasteiger partial charge in [0.05, 0.1) is 24.6 Å². The van der Waals surface area contributed by atoms with Crippen LogP contribution in [0.3, 0.4) is 0 Å². The molecule has 3 aliphatic rings. The predicted molar refractivity (Wildman–Crippen MR) is 114 cm³/mol. The average molecular weight is 409 g/mol. The van der Waals surface area contributed by atoms with Gasteiger partial charge in [0.1, 0.15) is 0 Å². The number of rotatable bonds is 3. The van der Waals surface area contributed by atoms with Gasteiger partial charge in [-0.25, -0.2) is 0 Å². The van der Waals surface area contributed by atoms with E-state index in [4.69, 9.17) is 9.72 Å². The Bertz CT molecular complexity index is 961. The third-order valence-electron chi connectivity index (χ3n) is 6.25. The second-order valence-corrected chi connectivity index (χ2v) is 8.48. The molecule has 3 aliphatic heterocycles. The molecule has 5 rings (SSSR count). The number of morpholine rings is 1. The van der Waals surface area contributed by atoms with Crippen LogP contribution in [0, 0.1) is 6.92 Å². The van der Waals surface area contributed by atoms with Crippen molar-refractivity contribution < 1.29 is 9.53 Å². The van der Waals surface area contributed by atoms with Crippen molar-refractivity contribution >= 4 is 17.4 Å². The summed E-state index contributed by atoms with van der Waals surface area (Å²) < 4.78 is 5.67. The first-order valence-corrected chi connectivity index (χ1v) is 10.8. The van der Waals surface area contributed by atoms with Crippen LogP contribution < -0.4 is 9.80 Å². The van der Waals surface area contributed by atoms with E-state index in [1.54, 1.807) is 0 Å². The van der Waals surface area contributed by atoms with E-state index in [2.05, 4.69) is 33.0 Å².